The Morgan fingerprint density at radius 2 is 2.31 bits per heavy atom. The highest BCUT2D eigenvalue weighted by molar-refractivity contribution is 6.36. The summed E-state index contributed by atoms with van der Waals surface area (Å²) < 4.78 is 5.28. The van der Waals surface area contributed by atoms with Gasteiger partial charge in [-0.3, -0.25) is 0 Å². The van der Waals surface area contributed by atoms with Crippen molar-refractivity contribution in [1.82, 2.24) is 0 Å². The lowest BCUT2D eigenvalue weighted by atomic mass is 9.99. The Morgan fingerprint density at radius 1 is 1.56 bits per heavy atom. The van der Waals surface area contributed by atoms with Gasteiger partial charge in [-0.05, 0) is 36.6 Å². The molecule has 0 aliphatic rings. The molecule has 16 heavy (non-hydrogen) atoms. The predicted molar refractivity (Wildman–Crippen MR) is 64.8 cm³/mol. The first-order valence-electron chi connectivity index (χ1n) is 5.21. The molecule has 0 bridgehead atoms. The van der Waals surface area contributed by atoms with Gasteiger partial charge in [0.15, 0.2) is 0 Å². The second kappa shape index (κ2) is 4.36. The third kappa shape index (κ3) is 1.88. The fraction of sp³-hybridized carbons (Fsp3) is 0.333. The third-order valence-corrected chi connectivity index (χ3v) is 3.10. The summed E-state index contributed by atoms with van der Waals surface area (Å²) in [7, 11) is 0. The van der Waals surface area contributed by atoms with Crippen molar-refractivity contribution in [2.75, 3.05) is 6.54 Å². The molecule has 0 fully saturated rings. The minimum absolute atomic E-state index is 0.135. The number of hydrogen-bond acceptors (Lipinski definition) is 3. The molecule has 3 N–H and O–H groups in total. The average Bonchev–Trinajstić information content (AvgIpc) is 2.73. The predicted octanol–water partition coefficient (Wildman–Crippen LogP) is 2.93. The van der Waals surface area contributed by atoms with E-state index >= 15 is 0 Å². The molecule has 0 amide bonds. The Morgan fingerprint density at radius 3 is 3.00 bits per heavy atom. The van der Waals surface area contributed by atoms with Crippen LogP contribution in [0.25, 0.3) is 11.0 Å². The van der Waals surface area contributed by atoms with E-state index in [9.17, 15) is 5.11 Å². The van der Waals surface area contributed by atoms with E-state index in [1.54, 1.807) is 12.3 Å². The number of fused-ring (bicyclic) bond motifs is 1. The minimum atomic E-state index is 0.135. The van der Waals surface area contributed by atoms with Gasteiger partial charge in [0, 0.05) is 5.39 Å². The van der Waals surface area contributed by atoms with E-state index in [1.807, 2.05) is 13.0 Å². The van der Waals surface area contributed by atoms with E-state index < -0.39 is 0 Å². The summed E-state index contributed by atoms with van der Waals surface area (Å²) in [4.78, 5) is 0. The number of phenolic OH excluding ortho intramolecular Hbond substituents is 1. The molecule has 1 aromatic carbocycles. The van der Waals surface area contributed by atoms with Crippen LogP contribution in [0, 0.1) is 5.92 Å². The van der Waals surface area contributed by atoms with E-state index in [1.165, 1.54) is 0 Å². The number of nitrogens with two attached hydrogens (primary N) is 1. The van der Waals surface area contributed by atoms with Crippen LogP contribution in [0.15, 0.2) is 22.8 Å². The Bertz CT molecular complexity index is 507. The van der Waals surface area contributed by atoms with Crippen molar-refractivity contribution in [2.45, 2.75) is 13.3 Å². The fourth-order valence-corrected chi connectivity index (χ4v) is 2.00. The monoisotopic (exact) mass is 239 g/mol. The maximum Gasteiger partial charge on any atom is 0.138 e. The Balaban J connectivity index is 2.48. The summed E-state index contributed by atoms with van der Waals surface area (Å²) in [5.41, 5.74) is 7.04. The molecule has 0 radical (unpaired) electrons. The highest BCUT2D eigenvalue weighted by atomic mass is 35.5. The van der Waals surface area contributed by atoms with Crippen LogP contribution in [-0.2, 0) is 6.42 Å². The third-order valence-electron chi connectivity index (χ3n) is 2.72. The fourth-order valence-electron chi connectivity index (χ4n) is 1.72. The normalized spacial score (nSPS) is 13.2. The zero-order chi connectivity index (χ0) is 11.7. The molecular formula is C12H14ClNO2. The molecule has 0 saturated heterocycles. The van der Waals surface area contributed by atoms with Crippen LogP contribution in [0.4, 0.5) is 0 Å². The van der Waals surface area contributed by atoms with Gasteiger partial charge in [-0.1, -0.05) is 18.5 Å². The molecule has 2 aromatic rings. The topological polar surface area (TPSA) is 59.4 Å². The highest BCUT2D eigenvalue weighted by Crippen LogP contribution is 2.36. The van der Waals surface area contributed by atoms with E-state index in [-0.39, 0.29) is 5.75 Å². The van der Waals surface area contributed by atoms with Crippen molar-refractivity contribution in [1.29, 1.82) is 0 Å². The van der Waals surface area contributed by atoms with Crippen molar-refractivity contribution < 1.29 is 9.52 Å². The molecule has 1 heterocycles. The largest absolute Gasteiger partial charge is 0.506 e. The van der Waals surface area contributed by atoms with Crippen LogP contribution >= 0.6 is 11.6 Å². The lowest BCUT2D eigenvalue weighted by Gasteiger charge is -2.11. The zero-order valence-electron chi connectivity index (χ0n) is 9.03. The Kier molecular flexibility index (Phi) is 3.08. The molecule has 1 aromatic heterocycles. The molecule has 3 nitrogen and oxygen atoms in total. The molecule has 4 heteroatoms. The van der Waals surface area contributed by atoms with Gasteiger partial charge in [0.05, 0.1) is 11.3 Å². The second-order valence-corrected chi connectivity index (χ2v) is 4.45. The number of phenols is 1. The van der Waals surface area contributed by atoms with Crippen molar-refractivity contribution in [3.8, 4) is 5.75 Å². The van der Waals surface area contributed by atoms with Gasteiger partial charge >= 0.3 is 0 Å². The van der Waals surface area contributed by atoms with Gasteiger partial charge in [-0.2, -0.15) is 0 Å². The number of halogens is 1. The van der Waals surface area contributed by atoms with Crippen LogP contribution in [0.1, 0.15) is 12.5 Å². The first-order valence-corrected chi connectivity index (χ1v) is 5.59. The molecule has 0 aliphatic carbocycles. The van der Waals surface area contributed by atoms with Crippen molar-refractivity contribution in [2.24, 2.45) is 11.7 Å². The summed E-state index contributed by atoms with van der Waals surface area (Å²) >= 11 is 6.06. The maximum atomic E-state index is 9.94. The van der Waals surface area contributed by atoms with E-state index in [2.05, 4.69) is 0 Å². The summed E-state index contributed by atoms with van der Waals surface area (Å²) in [5, 5.41) is 11.0. The van der Waals surface area contributed by atoms with Crippen LogP contribution < -0.4 is 5.73 Å². The van der Waals surface area contributed by atoms with Crippen LogP contribution in [0.3, 0.4) is 0 Å². The molecule has 86 valence electrons. The molecule has 1 atom stereocenters. The van der Waals surface area contributed by atoms with Gasteiger partial charge in [-0.15, -0.1) is 0 Å². The number of rotatable bonds is 3. The van der Waals surface area contributed by atoms with E-state index in [0.29, 0.717) is 29.5 Å². The number of furan rings is 1. The smallest absolute Gasteiger partial charge is 0.138 e. The lowest BCUT2D eigenvalue weighted by Crippen LogP contribution is -2.13. The van der Waals surface area contributed by atoms with Crippen LogP contribution in [0.5, 0.6) is 5.75 Å². The van der Waals surface area contributed by atoms with Crippen molar-refractivity contribution in [3.05, 3.63) is 29.0 Å². The van der Waals surface area contributed by atoms with Crippen LogP contribution in [0.2, 0.25) is 5.02 Å². The summed E-state index contributed by atoms with van der Waals surface area (Å²) in [6.45, 7) is 2.60. The molecule has 2 rings (SSSR count). The zero-order valence-corrected chi connectivity index (χ0v) is 9.79. The molecular weight excluding hydrogens is 226 g/mol. The van der Waals surface area contributed by atoms with Crippen molar-refractivity contribution in [3.63, 3.8) is 0 Å². The molecule has 1 unspecified atom stereocenters. The van der Waals surface area contributed by atoms with Crippen molar-refractivity contribution >= 4 is 22.6 Å². The Labute approximate surface area is 98.8 Å². The summed E-state index contributed by atoms with van der Waals surface area (Å²) in [5.74, 6) is 0.435. The maximum absolute atomic E-state index is 9.94. The highest BCUT2D eigenvalue weighted by Gasteiger charge is 2.14. The van der Waals surface area contributed by atoms with Gasteiger partial charge in [-0.25, -0.2) is 0 Å². The second-order valence-electron chi connectivity index (χ2n) is 4.08. The van der Waals surface area contributed by atoms with Gasteiger partial charge in [0.1, 0.15) is 11.3 Å². The minimum Gasteiger partial charge on any atom is -0.506 e. The van der Waals surface area contributed by atoms with E-state index in [4.69, 9.17) is 21.8 Å². The molecule has 0 spiro atoms. The number of hydrogen-bond donors (Lipinski definition) is 2. The van der Waals surface area contributed by atoms with E-state index in [0.717, 1.165) is 10.9 Å². The Hall–Kier alpha value is -1.19. The SMILES string of the molecule is CC(CN)Cc1cc2occc2c(Cl)c1O. The van der Waals surface area contributed by atoms with Gasteiger partial charge < -0.3 is 15.3 Å². The first-order chi connectivity index (χ1) is 7.63. The van der Waals surface area contributed by atoms with Gasteiger partial charge in [0.25, 0.3) is 0 Å². The number of benzene rings is 1. The standard InChI is InChI=1S/C12H14ClNO2/c1-7(6-14)4-8-5-10-9(2-3-16-10)11(13)12(8)15/h2-3,5,7,15H,4,6,14H2,1H3. The number of aromatic hydroxyl groups is 1. The molecule has 0 saturated carbocycles. The lowest BCUT2D eigenvalue weighted by molar-refractivity contribution is 0.461. The molecule has 0 aliphatic heterocycles. The van der Waals surface area contributed by atoms with Gasteiger partial charge in [0.2, 0.25) is 0 Å². The quantitative estimate of drug-likeness (QED) is 0.866. The van der Waals surface area contributed by atoms with Crippen LogP contribution in [-0.4, -0.2) is 11.7 Å². The average molecular weight is 240 g/mol. The summed E-state index contributed by atoms with van der Waals surface area (Å²) in [6, 6.07) is 3.57. The first kappa shape index (κ1) is 11.3. The summed E-state index contributed by atoms with van der Waals surface area (Å²) in [6.07, 6.45) is 2.25.